The van der Waals surface area contributed by atoms with E-state index in [4.69, 9.17) is 21.1 Å². The van der Waals surface area contributed by atoms with Crippen molar-refractivity contribution in [2.24, 2.45) is 0 Å². The van der Waals surface area contributed by atoms with Gasteiger partial charge in [-0.05, 0) is 66.8 Å². The molecule has 2 aromatic rings. The highest BCUT2D eigenvalue weighted by Gasteiger charge is 2.24. The van der Waals surface area contributed by atoms with Crippen LogP contribution in [0.3, 0.4) is 0 Å². The van der Waals surface area contributed by atoms with Crippen LogP contribution in [-0.4, -0.2) is 39.4 Å². The monoisotopic (exact) mass is 458 g/mol. The van der Waals surface area contributed by atoms with E-state index in [1.807, 2.05) is 18.2 Å². The number of halogens is 3. The van der Waals surface area contributed by atoms with E-state index < -0.39 is 0 Å². The fraction of sp³-hybridized carbons (Fsp3) is 0.455. The smallest absolute Gasteiger partial charge is 0.119 e. The number of ether oxygens (including phenoxy) is 2. The first-order valence-electron chi connectivity index (χ1n) is 9.75. The van der Waals surface area contributed by atoms with Crippen LogP contribution >= 0.6 is 36.4 Å². The van der Waals surface area contributed by atoms with E-state index in [-0.39, 0.29) is 30.9 Å². The number of rotatable bonds is 5. The maximum atomic E-state index is 6.15. The van der Waals surface area contributed by atoms with E-state index in [0.717, 1.165) is 56.3 Å². The zero-order valence-corrected chi connectivity index (χ0v) is 19.0. The first-order chi connectivity index (χ1) is 13.2. The number of hydrogen-bond acceptors (Lipinski definition) is 4. The summed E-state index contributed by atoms with van der Waals surface area (Å²) in [6, 6.07) is 15.0. The highest BCUT2D eigenvalue weighted by Crippen LogP contribution is 2.33. The van der Waals surface area contributed by atoms with Gasteiger partial charge in [0, 0.05) is 36.4 Å². The first-order valence-corrected chi connectivity index (χ1v) is 10.1. The van der Waals surface area contributed by atoms with Crippen molar-refractivity contribution in [2.45, 2.75) is 31.4 Å². The van der Waals surface area contributed by atoms with Gasteiger partial charge < -0.3 is 19.7 Å². The van der Waals surface area contributed by atoms with E-state index in [2.05, 4.69) is 34.5 Å². The van der Waals surface area contributed by atoms with Gasteiger partial charge in [-0.3, -0.25) is 0 Å². The number of benzene rings is 2. The Labute approximate surface area is 190 Å². The lowest BCUT2D eigenvalue weighted by Gasteiger charge is -2.36. The molecule has 4 nitrogen and oxygen atoms in total. The van der Waals surface area contributed by atoms with Crippen LogP contribution < -0.4 is 15.0 Å². The summed E-state index contributed by atoms with van der Waals surface area (Å²) in [5.74, 6) is 0.902. The molecule has 2 heterocycles. The Hall–Kier alpha value is -1.17. The molecule has 1 saturated heterocycles. The third-order valence-electron chi connectivity index (χ3n) is 5.61. The maximum Gasteiger partial charge on any atom is 0.119 e. The number of nitrogens with one attached hydrogen (secondary N) is 1. The number of hydrogen-bond donors (Lipinski definition) is 1. The Bertz CT molecular complexity index is 773. The number of anilines is 1. The average Bonchev–Trinajstić information content (AvgIpc) is 2.72. The molecule has 160 valence electrons. The fourth-order valence-electron chi connectivity index (χ4n) is 4.14. The molecule has 0 aliphatic carbocycles. The van der Waals surface area contributed by atoms with Crippen molar-refractivity contribution >= 4 is 42.1 Å². The molecule has 7 heteroatoms. The number of nitrogens with zero attached hydrogens (tertiary/aromatic N) is 1. The van der Waals surface area contributed by atoms with Crippen molar-refractivity contribution in [3.05, 3.63) is 58.6 Å². The Morgan fingerprint density at radius 2 is 1.93 bits per heavy atom. The largest absolute Gasteiger partial charge is 0.497 e. The first kappa shape index (κ1) is 24.1. The summed E-state index contributed by atoms with van der Waals surface area (Å²) < 4.78 is 11.3. The molecule has 0 spiro atoms. The quantitative estimate of drug-likeness (QED) is 0.677. The van der Waals surface area contributed by atoms with Crippen LogP contribution in [0.4, 0.5) is 5.69 Å². The molecule has 0 saturated carbocycles. The number of piperazine rings is 1. The van der Waals surface area contributed by atoms with Gasteiger partial charge in [-0.1, -0.05) is 17.7 Å². The van der Waals surface area contributed by atoms with E-state index >= 15 is 0 Å². The molecular weight excluding hydrogens is 431 g/mol. The Kier molecular flexibility index (Phi) is 9.38. The molecule has 2 aromatic carbocycles. The van der Waals surface area contributed by atoms with Gasteiger partial charge in [-0.25, -0.2) is 0 Å². The second-order valence-corrected chi connectivity index (χ2v) is 7.76. The maximum absolute atomic E-state index is 6.15. The molecule has 2 aliphatic rings. The van der Waals surface area contributed by atoms with Gasteiger partial charge in [-0.15, -0.1) is 24.8 Å². The Morgan fingerprint density at radius 3 is 2.69 bits per heavy atom. The summed E-state index contributed by atoms with van der Waals surface area (Å²) in [6.07, 6.45) is 3.27. The highest BCUT2D eigenvalue weighted by atomic mass is 35.5. The van der Waals surface area contributed by atoms with E-state index in [9.17, 15) is 0 Å². The highest BCUT2D eigenvalue weighted by molar-refractivity contribution is 6.30. The molecule has 0 aromatic heterocycles. The van der Waals surface area contributed by atoms with Gasteiger partial charge >= 0.3 is 0 Å². The van der Waals surface area contributed by atoms with E-state index in [0.29, 0.717) is 6.04 Å². The lowest BCUT2D eigenvalue weighted by atomic mass is 9.93. The molecule has 2 aliphatic heterocycles. The summed E-state index contributed by atoms with van der Waals surface area (Å²) in [6.45, 7) is 3.85. The molecule has 1 fully saturated rings. The molecule has 2 atom stereocenters. The van der Waals surface area contributed by atoms with Gasteiger partial charge in [0.25, 0.3) is 0 Å². The molecule has 29 heavy (non-hydrogen) atoms. The third-order valence-corrected chi connectivity index (χ3v) is 5.85. The van der Waals surface area contributed by atoms with Gasteiger partial charge in [0.2, 0.25) is 0 Å². The van der Waals surface area contributed by atoms with Gasteiger partial charge in [0.15, 0.2) is 0 Å². The lowest BCUT2D eigenvalue weighted by molar-refractivity contribution is 0.0333. The van der Waals surface area contributed by atoms with Crippen molar-refractivity contribution in [3.63, 3.8) is 0 Å². The molecule has 4 rings (SSSR count). The number of methoxy groups -OCH3 is 1. The predicted octanol–water partition coefficient (Wildman–Crippen LogP) is 5.06. The van der Waals surface area contributed by atoms with Gasteiger partial charge in [0.05, 0.1) is 19.8 Å². The summed E-state index contributed by atoms with van der Waals surface area (Å²) in [4.78, 5) is 2.45. The number of fused-ring (bicyclic) bond motifs is 1. The molecule has 0 radical (unpaired) electrons. The second kappa shape index (κ2) is 11.3. The minimum Gasteiger partial charge on any atom is -0.497 e. The van der Waals surface area contributed by atoms with E-state index in [1.54, 1.807) is 7.11 Å². The fourth-order valence-corrected chi connectivity index (χ4v) is 4.34. The van der Waals surface area contributed by atoms with Crippen LogP contribution in [0.5, 0.6) is 5.75 Å². The molecule has 1 N–H and O–H groups in total. The van der Waals surface area contributed by atoms with Gasteiger partial charge in [0.1, 0.15) is 5.75 Å². The second-order valence-electron chi connectivity index (χ2n) is 7.33. The normalized spacial score (nSPS) is 20.8. The van der Waals surface area contributed by atoms with Crippen molar-refractivity contribution < 1.29 is 9.47 Å². The third kappa shape index (κ3) is 5.93. The molecule has 2 unspecified atom stereocenters. The summed E-state index contributed by atoms with van der Waals surface area (Å²) in [7, 11) is 1.70. The summed E-state index contributed by atoms with van der Waals surface area (Å²) >= 11 is 6.15. The lowest BCUT2D eigenvalue weighted by Crippen LogP contribution is -2.50. The minimum atomic E-state index is 0. The van der Waals surface area contributed by atoms with Crippen LogP contribution in [-0.2, 0) is 11.2 Å². The average molecular weight is 460 g/mol. The van der Waals surface area contributed by atoms with E-state index in [1.165, 1.54) is 16.8 Å². The van der Waals surface area contributed by atoms with Crippen LogP contribution in [0.2, 0.25) is 5.02 Å². The topological polar surface area (TPSA) is 33.7 Å². The molecular formula is C22H29Cl3N2O2. The predicted molar refractivity (Wildman–Crippen MR) is 125 cm³/mol. The van der Waals surface area contributed by atoms with Gasteiger partial charge in [-0.2, -0.15) is 0 Å². The molecule has 0 bridgehead atoms. The SMILES string of the molecule is COc1ccc(N2CCNC(CCC3OCCc4cc(Cl)ccc43)C2)cc1.Cl.Cl. The van der Waals surface area contributed by atoms with Crippen molar-refractivity contribution in [3.8, 4) is 5.75 Å². The van der Waals surface area contributed by atoms with Crippen LogP contribution in [0.1, 0.15) is 30.1 Å². The van der Waals surface area contributed by atoms with Crippen LogP contribution in [0.15, 0.2) is 42.5 Å². The zero-order valence-electron chi connectivity index (χ0n) is 16.6. The molecule has 0 amide bonds. The van der Waals surface area contributed by atoms with Crippen LogP contribution in [0.25, 0.3) is 0 Å². The summed E-state index contributed by atoms with van der Waals surface area (Å²) in [5, 5.41) is 4.49. The zero-order chi connectivity index (χ0) is 18.6. The summed E-state index contributed by atoms with van der Waals surface area (Å²) in [5.41, 5.74) is 3.92. The van der Waals surface area contributed by atoms with Crippen molar-refractivity contribution in [1.82, 2.24) is 5.32 Å². The minimum absolute atomic E-state index is 0. The van der Waals surface area contributed by atoms with Crippen LogP contribution in [0, 0.1) is 0 Å². The Morgan fingerprint density at radius 1 is 1.14 bits per heavy atom. The van der Waals surface area contributed by atoms with Crippen molar-refractivity contribution in [2.75, 3.05) is 38.3 Å². The Balaban J connectivity index is 0.00000150. The van der Waals surface area contributed by atoms with Crippen molar-refractivity contribution in [1.29, 1.82) is 0 Å². The standard InChI is InChI=1S/C22H27ClN2O2.2ClH/c1-26-20-6-4-19(5-7-20)25-12-11-24-18(15-25)3-9-22-21-8-2-17(23)14-16(21)10-13-27-22;;/h2,4-8,14,18,22,24H,3,9-13,15H2,1H3;2*1H.